The molecule has 5 nitrogen and oxygen atoms in total. The maximum Gasteiger partial charge on any atom is 0.234 e. The van der Waals surface area contributed by atoms with Gasteiger partial charge in [-0.25, -0.2) is 0 Å². The number of nitrogens with one attached hydrogen (secondary N) is 1. The van der Waals surface area contributed by atoms with Crippen molar-refractivity contribution in [3.8, 4) is 0 Å². The van der Waals surface area contributed by atoms with Gasteiger partial charge in [-0.05, 0) is 0 Å². The van der Waals surface area contributed by atoms with Crippen LogP contribution in [0.2, 0.25) is 0 Å². The number of carbonyl (C=O) groups is 1. The number of hydrogen-bond acceptors (Lipinski definition) is 4. The third-order valence-electron chi connectivity index (χ3n) is 0.845. The van der Waals surface area contributed by atoms with E-state index in [1.165, 1.54) is 6.29 Å². The maximum atomic E-state index is 10.4. The van der Waals surface area contributed by atoms with E-state index < -0.39 is 18.6 Å². The molecule has 0 rings (SSSR count). The normalized spacial score (nSPS) is 12.2. The Labute approximate surface area is 58.2 Å². The van der Waals surface area contributed by atoms with Gasteiger partial charge >= 0.3 is 0 Å². The van der Waals surface area contributed by atoms with Crippen LogP contribution in [0.1, 0.15) is 0 Å². The first-order valence-electron chi connectivity index (χ1n) is 2.72. The molecule has 0 fully saturated rings. The highest BCUT2D eigenvalue weighted by Crippen LogP contribution is 1.73. The first kappa shape index (κ1) is 9.06. The Morgan fingerprint density at radius 3 is 2.70 bits per heavy atom. The Hall–Kier alpha value is -0.940. The van der Waals surface area contributed by atoms with Crippen molar-refractivity contribution in [2.45, 2.75) is 6.04 Å². The van der Waals surface area contributed by atoms with Crippen LogP contribution in [0.15, 0.2) is 0 Å². The van der Waals surface area contributed by atoms with Gasteiger partial charge in [0, 0.05) is 0 Å². The van der Waals surface area contributed by atoms with Crippen molar-refractivity contribution in [2.75, 3.05) is 13.2 Å². The largest absolute Gasteiger partial charge is 0.394 e. The van der Waals surface area contributed by atoms with Crippen molar-refractivity contribution < 1.29 is 14.7 Å². The standard InChI is InChI=1S/C5H9N2O3/c6-1-5(10)7-4(2-8)3-9/h4,8H,1-2,6H2,(H,7,10)/t4-/m0/s1. The van der Waals surface area contributed by atoms with Crippen LogP contribution in [0.25, 0.3) is 0 Å². The molecule has 0 aromatic rings. The first-order chi connectivity index (χ1) is 4.74. The lowest BCUT2D eigenvalue weighted by Gasteiger charge is -2.06. The second-order valence-electron chi connectivity index (χ2n) is 1.62. The van der Waals surface area contributed by atoms with E-state index in [0.717, 1.165) is 0 Å². The number of carbonyl (C=O) groups excluding carboxylic acids is 2. The summed E-state index contributed by atoms with van der Waals surface area (Å²) in [4.78, 5) is 20.3. The fraction of sp³-hybridized carbons (Fsp3) is 0.600. The van der Waals surface area contributed by atoms with Gasteiger partial charge in [0.1, 0.15) is 6.04 Å². The summed E-state index contributed by atoms with van der Waals surface area (Å²) in [6, 6.07) is -0.948. The number of aliphatic hydroxyl groups excluding tert-OH is 1. The van der Waals surface area contributed by atoms with Crippen molar-refractivity contribution in [2.24, 2.45) is 5.73 Å². The monoisotopic (exact) mass is 145 g/mol. The SMILES string of the molecule is NCC(=O)N[C@H]([C]=O)CO. The average Bonchev–Trinajstić information content (AvgIpc) is 1.99. The van der Waals surface area contributed by atoms with E-state index in [1.54, 1.807) is 0 Å². The minimum atomic E-state index is -0.948. The Morgan fingerprint density at radius 1 is 1.80 bits per heavy atom. The third-order valence-corrected chi connectivity index (χ3v) is 0.845. The Kier molecular flexibility index (Phi) is 4.43. The Morgan fingerprint density at radius 2 is 2.40 bits per heavy atom. The van der Waals surface area contributed by atoms with Crippen molar-refractivity contribution in [3.05, 3.63) is 0 Å². The van der Waals surface area contributed by atoms with Gasteiger partial charge in [0.15, 0.2) is 0 Å². The molecule has 4 N–H and O–H groups in total. The van der Waals surface area contributed by atoms with Gasteiger partial charge in [-0.15, -0.1) is 0 Å². The van der Waals surface area contributed by atoms with Gasteiger partial charge in [0.2, 0.25) is 12.2 Å². The summed E-state index contributed by atoms with van der Waals surface area (Å²) in [5, 5.41) is 10.5. The molecular weight excluding hydrogens is 136 g/mol. The summed E-state index contributed by atoms with van der Waals surface area (Å²) in [6.45, 7) is -0.645. The first-order valence-corrected chi connectivity index (χ1v) is 2.72. The molecule has 0 aromatic heterocycles. The predicted molar refractivity (Wildman–Crippen MR) is 33.8 cm³/mol. The minimum absolute atomic E-state index is 0.196. The Balaban J connectivity index is 3.62. The van der Waals surface area contributed by atoms with Crippen molar-refractivity contribution in [1.29, 1.82) is 0 Å². The zero-order valence-electron chi connectivity index (χ0n) is 5.33. The summed E-state index contributed by atoms with van der Waals surface area (Å²) in [7, 11) is 0. The van der Waals surface area contributed by atoms with Crippen LogP contribution in [0.4, 0.5) is 0 Å². The highest BCUT2D eigenvalue weighted by Gasteiger charge is 2.08. The smallest absolute Gasteiger partial charge is 0.234 e. The average molecular weight is 145 g/mol. The highest BCUT2D eigenvalue weighted by atomic mass is 16.3. The van der Waals surface area contributed by atoms with Crippen LogP contribution in [-0.4, -0.2) is 36.5 Å². The summed E-state index contributed by atoms with van der Waals surface area (Å²) >= 11 is 0. The van der Waals surface area contributed by atoms with Crippen LogP contribution in [0.5, 0.6) is 0 Å². The van der Waals surface area contributed by atoms with E-state index in [9.17, 15) is 9.59 Å². The van der Waals surface area contributed by atoms with E-state index in [0.29, 0.717) is 0 Å². The van der Waals surface area contributed by atoms with E-state index in [1.807, 2.05) is 0 Å². The molecule has 1 amide bonds. The molecule has 0 unspecified atom stereocenters. The lowest BCUT2D eigenvalue weighted by Crippen LogP contribution is -2.41. The molecule has 1 atom stereocenters. The van der Waals surface area contributed by atoms with Crippen molar-refractivity contribution in [1.82, 2.24) is 5.32 Å². The predicted octanol–water partition coefficient (Wildman–Crippen LogP) is -2.47. The highest BCUT2D eigenvalue weighted by molar-refractivity contribution is 5.81. The van der Waals surface area contributed by atoms with Crippen molar-refractivity contribution in [3.63, 3.8) is 0 Å². The molecule has 0 aliphatic rings. The molecule has 0 aromatic carbocycles. The van der Waals surface area contributed by atoms with Gasteiger partial charge in [0.05, 0.1) is 13.2 Å². The van der Waals surface area contributed by atoms with Gasteiger partial charge in [-0.1, -0.05) is 0 Å². The number of hydrogen-bond donors (Lipinski definition) is 3. The molecule has 0 aliphatic carbocycles. The third kappa shape index (κ3) is 3.16. The molecule has 0 heterocycles. The number of amides is 1. The van der Waals surface area contributed by atoms with E-state index in [-0.39, 0.29) is 6.54 Å². The van der Waals surface area contributed by atoms with Crippen LogP contribution in [-0.2, 0) is 9.59 Å². The number of nitrogens with two attached hydrogens (primary N) is 1. The zero-order valence-corrected chi connectivity index (χ0v) is 5.33. The summed E-state index contributed by atoms with van der Waals surface area (Å²) < 4.78 is 0. The van der Waals surface area contributed by atoms with Crippen LogP contribution in [0.3, 0.4) is 0 Å². The quantitative estimate of drug-likeness (QED) is 0.409. The molecular formula is C5H9N2O3. The molecule has 0 aliphatic heterocycles. The Bertz CT molecular complexity index is 126. The van der Waals surface area contributed by atoms with E-state index >= 15 is 0 Å². The van der Waals surface area contributed by atoms with E-state index in [4.69, 9.17) is 10.8 Å². The van der Waals surface area contributed by atoms with Crippen LogP contribution >= 0.6 is 0 Å². The van der Waals surface area contributed by atoms with E-state index in [2.05, 4.69) is 5.32 Å². The minimum Gasteiger partial charge on any atom is -0.394 e. The molecule has 1 radical (unpaired) electrons. The topological polar surface area (TPSA) is 92.4 Å². The summed E-state index contributed by atoms with van der Waals surface area (Å²) in [5.41, 5.74) is 4.91. The molecule has 10 heavy (non-hydrogen) atoms. The van der Waals surface area contributed by atoms with Gasteiger partial charge < -0.3 is 16.2 Å². The van der Waals surface area contributed by atoms with Gasteiger partial charge in [-0.3, -0.25) is 9.59 Å². The molecule has 0 bridgehead atoms. The van der Waals surface area contributed by atoms with Crippen molar-refractivity contribution >= 4 is 12.2 Å². The molecule has 0 spiro atoms. The van der Waals surface area contributed by atoms with Gasteiger partial charge in [0.25, 0.3) is 0 Å². The lowest BCUT2D eigenvalue weighted by molar-refractivity contribution is -0.120. The molecule has 0 saturated carbocycles. The fourth-order valence-corrected chi connectivity index (χ4v) is 0.366. The zero-order chi connectivity index (χ0) is 7.98. The second kappa shape index (κ2) is 4.89. The van der Waals surface area contributed by atoms with Gasteiger partial charge in [-0.2, -0.15) is 0 Å². The van der Waals surface area contributed by atoms with Crippen LogP contribution in [0, 0.1) is 0 Å². The maximum absolute atomic E-state index is 10.4. The fourth-order valence-electron chi connectivity index (χ4n) is 0.366. The summed E-state index contributed by atoms with van der Waals surface area (Å²) in [6.07, 6.45) is 1.43. The van der Waals surface area contributed by atoms with Crippen LogP contribution < -0.4 is 11.1 Å². The summed E-state index contributed by atoms with van der Waals surface area (Å²) in [5.74, 6) is -0.484. The molecule has 5 heteroatoms. The lowest BCUT2D eigenvalue weighted by atomic mass is 10.3. The number of rotatable bonds is 4. The number of aliphatic hydroxyl groups is 1. The molecule has 0 saturated heterocycles. The second-order valence-corrected chi connectivity index (χ2v) is 1.62. The molecule has 57 valence electrons.